The van der Waals surface area contributed by atoms with E-state index in [-0.39, 0.29) is 29.9 Å². The number of carbonyl (C=O) groups is 1. The minimum Gasteiger partial charge on any atom is -0.344 e. The summed E-state index contributed by atoms with van der Waals surface area (Å²) in [5.74, 6) is -0.303. The molecule has 33 heavy (non-hydrogen) atoms. The molecule has 0 saturated carbocycles. The van der Waals surface area contributed by atoms with Crippen molar-refractivity contribution in [3.8, 4) is 0 Å². The van der Waals surface area contributed by atoms with Gasteiger partial charge in [-0.3, -0.25) is 25.0 Å². The summed E-state index contributed by atoms with van der Waals surface area (Å²) in [4.78, 5) is 30.8. The van der Waals surface area contributed by atoms with Crippen molar-refractivity contribution in [1.29, 1.82) is 0 Å². The SMILES string of the molecule is CN(CCCCCC1CC(c2ccc(F)cc2)NN1)C(=O)Cn1c(=O)cnc2ccccc21. The van der Waals surface area contributed by atoms with Crippen molar-refractivity contribution in [3.63, 3.8) is 0 Å². The van der Waals surface area contributed by atoms with Gasteiger partial charge in [0.05, 0.1) is 17.2 Å². The van der Waals surface area contributed by atoms with E-state index in [4.69, 9.17) is 0 Å². The highest BCUT2D eigenvalue weighted by molar-refractivity contribution is 5.79. The monoisotopic (exact) mass is 451 g/mol. The second-order valence-corrected chi connectivity index (χ2v) is 8.66. The lowest BCUT2D eigenvalue weighted by Gasteiger charge is -2.18. The fourth-order valence-corrected chi connectivity index (χ4v) is 4.30. The third-order valence-corrected chi connectivity index (χ3v) is 6.27. The van der Waals surface area contributed by atoms with E-state index in [2.05, 4.69) is 15.8 Å². The average molecular weight is 452 g/mol. The molecule has 1 amide bonds. The van der Waals surface area contributed by atoms with Crippen LogP contribution in [0.25, 0.3) is 11.0 Å². The molecule has 2 atom stereocenters. The number of rotatable bonds is 9. The number of hydrogen-bond acceptors (Lipinski definition) is 5. The summed E-state index contributed by atoms with van der Waals surface area (Å²) in [6.45, 7) is 0.673. The van der Waals surface area contributed by atoms with Crippen LogP contribution < -0.4 is 16.4 Å². The lowest BCUT2D eigenvalue weighted by Crippen LogP contribution is -2.34. The third-order valence-electron chi connectivity index (χ3n) is 6.27. The molecule has 3 aromatic rings. The van der Waals surface area contributed by atoms with E-state index in [1.165, 1.54) is 22.9 Å². The molecular weight excluding hydrogens is 421 g/mol. The lowest BCUT2D eigenvalue weighted by molar-refractivity contribution is -0.130. The van der Waals surface area contributed by atoms with Crippen LogP contribution in [-0.4, -0.2) is 40.0 Å². The van der Waals surface area contributed by atoms with Crippen LogP contribution in [0.2, 0.25) is 0 Å². The van der Waals surface area contributed by atoms with Gasteiger partial charge in [0.2, 0.25) is 5.91 Å². The van der Waals surface area contributed by atoms with Gasteiger partial charge in [0.1, 0.15) is 12.4 Å². The second kappa shape index (κ2) is 10.7. The Balaban J connectivity index is 1.18. The summed E-state index contributed by atoms with van der Waals surface area (Å²) >= 11 is 0. The van der Waals surface area contributed by atoms with Gasteiger partial charge in [-0.2, -0.15) is 0 Å². The normalized spacial score (nSPS) is 18.0. The van der Waals surface area contributed by atoms with Gasteiger partial charge in [0.15, 0.2) is 0 Å². The van der Waals surface area contributed by atoms with Crippen LogP contribution in [0.3, 0.4) is 0 Å². The zero-order valence-corrected chi connectivity index (χ0v) is 18.8. The van der Waals surface area contributed by atoms with E-state index >= 15 is 0 Å². The van der Waals surface area contributed by atoms with Crippen LogP contribution in [0.1, 0.15) is 43.7 Å². The summed E-state index contributed by atoms with van der Waals surface area (Å²) in [6.07, 6.45) is 6.28. The minimum atomic E-state index is -0.271. The van der Waals surface area contributed by atoms with E-state index in [9.17, 15) is 14.0 Å². The average Bonchev–Trinajstić information content (AvgIpc) is 3.30. The van der Waals surface area contributed by atoms with Crippen molar-refractivity contribution in [2.45, 2.75) is 50.7 Å². The summed E-state index contributed by atoms with van der Waals surface area (Å²) in [5.41, 5.74) is 8.83. The molecule has 0 spiro atoms. The number of nitrogens with zero attached hydrogens (tertiary/aromatic N) is 3. The summed E-state index contributed by atoms with van der Waals surface area (Å²) in [7, 11) is 1.78. The number of unbranched alkanes of at least 4 members (excludes halogenated alkanes) is 2. The van der Waals surface area contributed by atoms with Gasteiger partial charge < -0.3 is 4.90 Å². The highest BCUT2D eigenvalue weighted by atomic mass is 19.1. The second-order valence-electron chi connectivity index (χ2n) is 8.66. The number of hydrogen-bond donors (Lipinski definition) is 2. The van der Waals surface area contributed by atoms with Crippen LogP contribution >= 0.6 is 0 Å². The summed E-state index contributed by atoms with van der Waals surface area (Å²) in [6, 6.07) is 14.6. The Kier molecular flexibility index (Phi) is 7.47. The minimum absolute atomic E-state index is 0.0147. The fraction of sp³-hybridized carbons (Fsp3) is 0.400. The number of amides is 1. The van der Waals surface area contributed by atoms with Crippen LogP contribution in [0.5, 0.6) is 0 Å². The number of carbonyl (C=O) groups excluding carboxylic acids is 1. The molecule has 2 heterocycles. The Morgan fingerprint density at radius 2 is 1.91 bits per heavy atom. The number of hydrazine groups is 1. The predicted octanol–water partition coefficient (Wildman–Crippen LogP) is 3.16. The standard InChI is InChI=1S/C25H30FN5O2/c1-30(25(33)17-31-23-9-5-4-8-21(23)27-16-24(31)32)14-6-2-3-7-20-15-22(29-28-20)18-10-12-19(26)13-11-18/h4-5,8-13,16,20,22,28-29H,2-3,6-7,14-15,17H2,1H3. The van der Waals surface area contributed by atoms with Crippen molar-refractivity contribution in [2.75, 3.05) is 13.6 Å². The smallest absolute Gasteiger partial charge is 0.269 e. The number of halogens is 1. The largest absolute Gasteiger partial charge is 0.344 e. The molecule has 1 aliphatic rings. The van der Waals surface area contributed by atoms with Crippen LogP contribution in [0.15, 0.2) is 59.5 Å². The molecule has 1 saturated heterocycles. The number of fused-ring (bicyclic) bond motifs is 1. The Hall–Kier alpha value is -3.10. The molecule has 0 aliphatic carbocycles. The van der Waals surface area contributed by atoms with Gasteiger partial charge in [0.25, 0.3) is 5.56 Å². The van der Waals surface area contributed by atoms with Gasteiger partial charge in [0, 0.05) is 25.7 Å². The van der Waals surface area contributed by atoms with E-state index in [0.29, 0.717) is 23.6 Å². The van der Waals surface area contributed by atoms with Gasteiger partial charge >= 0.3 is 0 Å². The Bertz CT molecular complexity index is 1150. The molecule has 4 rings (SSSR count). The number of nitrogens with one attached hydrogen (secondary N) is 2. The topological polar surface area (TPSA) is 79.3 Å². The molecule has 0 radical (unpaired) electrons. The van der Waals surface area contributed by atoms with Crippen molar-refractivity contribution in [1.82, 2.24) is 25.3 Å². The van der Waals surface area contributed by atoms with Crippen molar-refractivity contribution < 1.29 is 9.18 Å². The predicted molar refractivity (Wildman–Crippen MR) is 126 cm³/mol. The molecule has 8 heteroatoms. The number of benzene rings is 2. The van der Waals surface area contributed by atoms with Gasteiger partial charge in [-0.25, -0.2) is 9.37 Å². The van der Waals surface area contributed by atoms with E-state index < -0.39 is 0 Å². The molecule has 2 N–H and O–H groups in total. The Morgan fingerprint density at radius 1 is 1.12 bits per heavy atom. The van der Waals surface area contributed by atoms with Crippen LogP contribution in [-0.2, 0) is 11.3 Å². The first kappa shape index (κ1) is 23.1. The first-order valence-corrected chi connectivity index (χ1v) is 11.5. The Labute approximate surface area is 192 Å². The third kappa shape index (κ3) is 5.83. The van der Waals surface area contributed by atoms with Gasteiger partial charge in [-0.05, 0) is 49.1 Å². The fourth-order valence-electron chi connectivity index (χ4n) is 4.30. The van der Waals surface area contributed by atoms with Crippen molar-refractivity contribution >= 4 is 16.9 Å². The molecule has 7 nitrogen and oxygen atoms in total. The molecule has 174 valence electrons. The highest BCUT2D eigenvalue weighted by Gasteiger charge is 2.24. The summed E-state index contributed by atoms with van der Waals surface area (Å²) < 4.78 is 14.6. The van der Waals surface area contributed by atoms with E-state index in [0.717, 1.165) is 37.7 Å². The molecule has 2 aromatic carbocycles. The van der Waals surface area contributed by atoms with Gasteiger partial charge in [-0.15, -0.1) is 0 Å². The van der Waals surface area contributed by atoms with Crippen LogP contribution in [0, 0.1) is 5.82 Å². The quantitative estimate of drug-likeness (QED) is 0.489. The van der Waals surface area contributed by atoms with E-state index in [1.807, 2.05) is 36.4 Å². The maximum atomic E-state index is 13.1. The van der Waals surface area contributed by atoms with Crippen molar-refractivity contribution in [2.24, 2.45) is 0 Å². The molecule has 1 fully saturated rings. The molecule has 1 aromatic heterocycles. The molecule has 2 unspecified atom stereocenters. The highest BCUT2D eigenvalue weighted by Crippen LogP contribution is 2.24. The maximum Gasteiger partial charge on any atom is 0.269 e. The zero-order chi connectivity index (χ0) is 23.2. The molecule has 0 bridgehead atoms. The number of aromatic nitrogens is 2. The molecule has 1 aliphatic heterocycles. The number of para-hydroxylation sites is 2. The first-order chi connectivity index (χ1) is 16.0. The first-order valence-electron chi connectivity index (χ1n) is 11.5. The van der Waals surface area contributed by atoms with Crippen molar-refractivity contribution in [3.05, 3.63) is 76.5 Å². The number of likely N-dealkylation sites (N-methyl/N-ethyl adjacent to an activating group) is 1. The van der Waals surface area contributed by atoms with E-state index in [1.54, 1.807) is 11.9 Å². The maximum absolute atomic E-state index is 13.1. The van der Waals surface area contributed by atoms with Crippen LogP contribution in [0.4, 0.5) is 4.39 Å². The zero-order valence-electron chi connectivity index (χ0n) is 18.8. The molecular formula is C25H30FN5O2. The van der Waals surface area contributed by atoms with Gasteiger partial charge in [-0.1, -0.05) is 37.1 Å². The Morgan fingerprint density at radius 3 is 2.73 bits per heavy atom. The lowest BCUT2D eigenvalue weighted by atomic mass is 9.99. The summed E-state index contributed by atoms with van der Waals surface area (Å²) in [5, 5.41) is 0.